The molecule has 0 saturated heterocycles. The highest BCUT2D eigenvalue weighted by Crippen LogP contribution is 2.51. The van der Waals surface area contributed by atoms with E-state index in [4.69, 9.17) is 0 Å². The lowest BCUT2D eigenvalue weighted by atomic mass is 9.80. The Bertz CT molecular complexity index is 3320. The van der Waals surface area contributed by atoms with Crippen LogP contribution in [0.4, 0.5) is 0 Å². The number of nitrogens with zero attached hydrogens (tertiary/aromatic N) is 2. The summed E-state index contributed by atoms with van der Waals surface area (Å²) in [6, 6.07) is 24.5. The molecule has 2 aliphatic carbocycles. The molecule has 0 radical (unpaired) electrons. The van der Waals surface area contributed by atoms with Crippen molar-refractivity contribution in [1.82, 2.24) is 9.80 Å². The van der Waals surface area contributed by atoms with Gasteiger partial charge in [-0.2, -0.15) is 0 Å². The first kappa shape index (κ1) is 33.0. The first-order chi connectivity index (χ1) is 27.6. The number of rotatable bonds is 2. The fourth-order valence-electron chi connectivity index (χ4n) is 9.97. The Morgan fingerprint density at radius 2 is 1.02 bits per heavy atom. The maximum absolute atomic E-state index is 14.3. The molecule has 0 aromatic heterocycles. The number of aliphatic hydroxyl groups excluding tert-OH is 1. The lowest BCUT2D eigenvalue weighted by molar-refractivity contribution is 0.0230. The van der Waals surface area contributed by atoms with Gasteiger partial charge in [0.05, 0.1) is 9.12 Å². The number of carbonyl (C=O) groups is 3. The topological polar surface area (TPSA) is 77.9 Å². The van der Waals surface area contributed by atoms with Crippen molar-refractivity contribution < 1.29 is 19.5 Å². The number of hydrogen-bond acceptors (Lipinski definition) is 4. The molecule has 8 aromatic carbocycles. The lowest BCUT2D eigenvalue weighted by Crippen LogP contribution is -2.39. The van der Waals surface area contributed by atoms with Crippen molar-refractivity contribution in [3.63, 3.8) is 0 Å². The highest BCUT2D eigenvalue weighted by Gasteiger charge is 2.38. The Morgan fingerprint density at radius 3 is 1.60 bits per heavy atom. The molecule has 2 aliphatic heterocycles. The second-order valence-electron chi connectivity index (χ2n) is 15.9. The van der Waals surface area contributed by atoms with Crippen molar-refractivity contribution in [3.8, 4) is 0 Å². The van der Waals surface area contributed by atoms with Gasteiger partial charge >= 0.3 is 0 Å². The number of fused-ring (bicyclic) bond motifs is 4. The van der Waals surface area contributed by atoms with Gasteiger partial charge in [-0.05, 0) is 120 Å². The van der Waals surface area contributed by atoms with E-state index in [9.17, 15) is 19.5 Å². The van der Waals surface area contributed by atoms with E-state index in [2.05, 4.69) is 78.9 Å². The molecule has 0 saturated carbocycles. The predicted octanol–water partition coefficient (Wildman–Crippen LogP) is 11.5. The van der Waals surface area contributed by atoms with E-state index in [1.807, 2.05) is 91.1 Å². The smallest absolute Gasteiger partial charge is 0.265 e. The van der Waals surface area contributed by atoms with Crippen LogP contribution in [0, 0.1) is 5.92 Å². The van der Waals surface area contributed by atoms with Crippen LogP contribution in [0.1, 0.15) is 56.7 Å². The third-order valence-corrected chi connectivity index (χ3v) is 13.3. The molecular weight excluding hydrogens is 819 g/mol. The highest BCUT2D eigenvalue weighted by atomic mass is 127. The van der Waals surface area contributed by atoms with E-state index in [-0.39, 0.29) is 27.1 Å². The largest absolute Gasteiger partial charge is 0.369 e. The second-order valence-corrected chi connectivity index (χ2v) is 18.2. The van der Waals surface area contributed by atoms with Crippen molar-refractivity contribution in [2.24, 2.45) is 5.92 Å². The standard InChI is InChI=1S/C50H31IN2O4/c1-25-5-3-6-26(9-8-25)52-46(54)36-18-14-32-28-10-12-30-34-16-20-38-45-39(49(57)53(48(38)56)27-7-4-23-50(2,51)24-22-27)21-17-35(43(34)45)31-13-11-29(40(28)41(30)31)33-15-19-37(47(52)55)44(36)42(32)33/h3-25,46,54H,1-2H3. The quantitative estimate of drug-likeness (QED) is 0.0618. The first-order valence-corrected chi connectivity index (χ1v) is 20.2. The maximum Gasteiger partial charge on any atom is 0.265 e. The number of halogens is 1. The molecule has 7 heteroatoms. The molecule has 0 bridgehead atoms. The van der Waals surface area contributed by atoms with E-state index < -0.39 is 6.23 Å². The van der Waals surface area contributed by atoms with Gasteiger partial charge in [-0.3, -0.25) is 19.3 Å². The monoisotopic (exact) mass is 850 g/mol. The fourth-order valence-corrected chi connectivity index (χ4v) is 10.4. The van der Waals surface area contributed by atoms with Crippen LogP contribution in [0.15, 0.2) is 145 Å². The molecule has 3 unspecified atom stereocenters. The predicted molar refractivity (Wildman–Crippen MR) is 237 cm³/mol. The summed E-state index contributed by atoms with van der Waals surface area (Å²) in [5.41, 5.74) is 3.50. The highest BCUT2D eigenvalue weighted by molar-refractivity contribution is 14.1. The van der Waals surface area contributed by atoms with Gasteiger partial charge in [0.1, 0.15) is 0 Å². The van der Waals surface area contributed by atoms with Gasteiger partial charge in [0.2, 0.25) is 0 Å². The normalized spacial score (nSPS) is 22.1. The summed E-state index contributed by atoms with van der Waals surface area (Å²) >= 11 is 2.34. The molecule has 12 rings (SSSR count). The molecule has 57 heavy (non-hydrogen) atoms. The zero-order valence-corrected chi connectivity index (χ0v) is 33.0. The SMILES string of the molecule is CC1C=CC=C(N2C(=O)c3ccc4c5ccc6c7ccc8c9c(ccc(c%10ccc(c%11ccc(c3c4%11)C2O)c5c6%10)c97)C(=O)N(C2=CC=CC(C)(I)C=C2)C8=O)C=C1. The van der Waals surface area contributed by atoms with Crippen LogP contribution in [0.3, 0.4) is 0 Å². The molecule has 3 amide bonds. The second kappa shape index (κ2) is 11.2. The average molecular weight is 851 g/mol. The summed E-state index contributed by atoms with van der Waals surface area (Å²) in [4.78, 5) is 45.7. The van der Waals surface area contributed by atoms with Crippen LogP contribution in [0.25, 0.3) is 75.4 Å². The minimum atomic E-state index is -1.14. The van der Waals surface area contributed by atoms with Crippen LogP contribution in [-0.4, -0.2) is 36.0 Å². The fraction of sp³-hybridized carbons (Fsp3) is 0.100. The molecule has 8 aromatic rings. The van der Waals surface area contributed by atoms with Crippen LogP contribution >= 0.6 is 22.6 Å². The Morgan fingerprint density at radius 1 is 0.544 bits per heavy atom. The van der Waals surface area contributed by atoms with Crippen molar-refractivity contribution in [2.45, 2.75) is 23.5 Å². The van der Waals surface area contributed by atoms with Gasteiger partial charge in [0, 0.05) is 38.7 Å². The third kappa shape index (κ3) is 4.25. The molecular formula is C50H31IN2O4. The first-order valence-electron chi connectivity index (χ1n) is 19.2. The van der Waals surface area contributed by atoms with E-state index in [0.29, 0.717) is 39.0 Å². The van der Waals surface area contributed by atoms with Crippen LogP contribution in [-0.2, 0) is 0 Å². The van der Waals surface area contributed by atoms with E-state index in [0.717, 1.165) is 70.0 Å². The van der Waals surface area contributed by atoms with Gasteiger partial charge in [-0.25, -0.2) is 4.90 Å². The van der Waals surface area contributed by atoms with E-state index >= 15 is 0 Å². The number of amides is 3. The Labute approximate surface area is 339 Å². The van der Waals surface area contributed by atoms with E-state index in [1.165, 1.54) is 9.80 Å². The Kier molecular flexibility index (Phi) is 6.51. The minimum Gasteiger partial charge on any atom is -0.369 e. The zero-order valence-electron chi connectivity index (χ0n) is 30.8. The van der Waals surface area contributed by atoms with Crippen molar-refractivity contribution >= 4 is 116 Å². The van der Waals surface area contributed by atoms with Gasteiger partial charge < -0.3 is 5.11 Å². The van der Waals surface area contributed by atoms with Gasteiger partial charge in [-0.1, -0.05) is 121 Å². The maximum atomic E-state index is 14.3. The lowest BCUT2D eigenvalue weighted by Gasteiger charge is -2.35. The van der Waals surface area contributed by atoms with Crippen molar-refractivity contribution in [2.75, 3.05) is 0 Å². The van der Waals surface area contributed by atoms with Gasteiger partial charge in [0.15, 0.2) is 6.23 Å². The number of hydrogen-bond donors (Lipinski definition) is 1. The number of carbonyl (C=O) groups excluding carboxylic acids is 3. The molecule has 272 valence electrons. The minimum absolute atomic E-state index is 0.220. The molecule has 0 spiro atoms. The van der Waals surface area contributed by atoms with Crippen molar-refractivity contribution in [1.29, 1.82) is 0 Å². The number of benzene rings is 8. The molecule has 2 heterocycles. The Hall–Kier alpha value is -6.16. The average Bonchev–Trinajstić information content (AvgIpc) is 3.54. The summed E-state index contributed by atoms with van der Waals surface area (Å²) < 4.78 is -0.232. The molecule has 0 fully saturated rings. The summed E-state index contributed by atoms with van der Waals surface area (Å²) in [6.07, 6.45) is 18.3. The van der Waals surface area contributed by atoms with Crippen LogP contribution in [0.2, 0.25) is 0 Å². The van der Waals surface area contributed by atoms with Crippen LogP contribution in [0.5, 0.6) is 0 Å². The molecule has 3 atom stereocenters. The van der Waals surface area contributed by atoms with E-state index in [1.54, 1.807) is 0 Å². The summed E-state index contributed by atoms with van der Waals surface area (Å²) in [5.74, 6) is -0.664. The van der Waals surface area contributed by atoms with Gasteiger partial charge in [0.25, 0.3) is 17.7 Å². The van der Waals surface area contributed by atoms with Crippen molar-refractivity contribution in [3.05, 3.63) is 167 Å². The summed E-state index contributed by atoms with van der Waals surface area (Å²) in [5, 5.41) is 25.7. The van der Waals surface area contributed by atoms with Crippen LogP contribution < -0.4 is 0 Å². The Balaban J connectivity index is 1.08. The summed E-state index contributed by atoms with van der Waals surface area (Å²) in [7, 11) is 0. The number of aliphatic hydroxyl groups is 1. The number of imide groups is 1. The molecule has 1 N–H and O–H groups in total. The molecule has 4 aliphatic rings. The summed E-state index contributed by atoms with van der Waals surface area (Å²) in [6.45, 7) is 4.15. The molecule has 6 nitrogen and oxygen atoms in total. The number of allylic oxidation sites excluding steroid dienone is 10. The van der Waals surface area contributed by atoms with Gasteiger partial charge in [-0.15, -0.1) is 0 Å². The number of alkyl halides is 1. The third-order valence-electron chi connectivity index (χ3n) is 12.6. The zero-order chi connectivity index (χ0) is 38.6.